The van der Waals surface area contributed by atoms with E-state index >= 15 is 0 Å². The SMILES string of the molecule is C=CC(C)N(N=NC/C=C\C)OCC(=O)N1CCN(c2ncnc3sc(CC)cc23)CC1. The summed E-state index contributed by atoms with van der Waals surface area (Å²) in [6.45, 7) is 12.7. The number of carbonyl (C=O) groups is 1. The number of rotatable bonds is 10. The molecule has 0 N–H and O–H groups in total. The topological polar surface area (TPSA) is 86.5 Å². The summed E-state index contributed by atoms with van der Waals surface area (Å²) in [6.07, 6.45) is 8.08. The Kier molecular flexibility index (Phi) is 8.69. The lowest BCUT2D eigenvalue weighted by Gasteiger charge is -2.35. The van der Waals surface area contributed by atoms with Crippen molar-refractivity contribution < 1.29 is 9.63 Å². The summed E-state index contributed by atoms with van der Waals surface area (Å²) in [4.78, 5) is 33.6. The van der Waals surface area contributed by atoms with Crippen LogP contribution in [0.25, 0.3) is 10.2 Å². The minimum Gasteiger partial charge on any atom is -0.352 e. The van der Waals surface area contributed by atoms with Crippen molar-refractivity contribution >= 4 is 33.3 Å². The third-order valence-corrected chi connectivity index (χ3v) is 6.41. The van der Waals surface area contributed by atoms with Crippen LogP contribution >= 0.6 is 11.3 Å². The molecule has 172 valence electrons. The molecule has 0 bridgehead atoms. The van der Waals surface area contributed by atoms with E-state index in [0.29, 0.717) is 32.7 Å². The van der Waals surface area contributed by atoms with Crippen LogP contribution in [0.1, 0.15) is 25.6 Å². The van der Waals surface area contributed by atoms with Crippen molar-refractivity contribution in [2.75, 3.05) is 44.2 Å². The van der Waals surface area contributed by atoms with Crippen molar-refractivity contribution in [2.24, 2.45) is 10.3 Å². The minimum absolute atomic E-state index is 0.0776. The molecule has 0 aliphatic carbocycles. The summed E-state index contributed by atoms with van der Waals surface area (Å²) in [6, 6.07) is 1.98. The van der Waals surface area contributed by atoms with E-state index in [0.717, 1.165) is 22.5 Å². The van der Waals surface area contributed by atoms with Crippen LogP contribution in [-0.2, 0) is 16.1 Å². The van der Waals surface area contributed by atoms with Gasteiger partial charge in [-0.1, -0.05) is 25.2 Å². The molecule has 32 heavy (non-hydrogen) atoms. The van der Waals surface area contributed by atoms with E-state index < -0.39 is 0 Å². The zero-order chi connectivity index (χ0) is 22.9. The highest BCUT2D eigenvalue weighted by Gasteiger charge is 2.24. The zero-order valence-corrected chi connectivity index (χ0v) is 19.8. The molecule has 1 atom stereocenters. The highest BCUT2D eigenvalue weighted by atomic mass is 32.1. The summed E-state index contributed by atoms with van der Waals surface area (Å²) >= 11 is 1.71. The lowest BCUT2D eigenvalue weighted by molar-refractivity contribution is -0.190. The van der Waals surface area contributed by atoms with Crippen LogP contribution in [0.4, 0.5) is 5.82 Å². The van der Waals surface area contributed by atoms with Gasteiger partial charge in [-0.15, -0.1) is 23.1 Å². The Bertz CT molecular complexity index is 966. The van der Waals surface area contributed by atoms with Gasteiger partial charge in [0.05, 0.1) is 18.0 Å². The molecule has 3 heterocycles. The van der Waals surface area contributed by atoms with E-state index in [1.54, 1.807) is 23.7 Å². The number of piperazine rings is 1. The fraction of sp³-hybridized carbons (Fsp3) is 0.500. The Hall–Kier alpha value is -2.85. The molecule has 10 heteroatoms. The van der Waals surface area contributed by atoms with Crippen molar-refractivity contribution in [3.8, 4) is 0 Å². The number of aryl methyl sites for hydroxylation is 1. The van der Waals surface area contributed by atoms with E-state index in [2.05, 4.69) is 44.8 Å². The molecule has 1 aliphatic heterocycles. The van der Waals surface area contributed by atoms with Crippen molar-refractivity contribution in [1.29, 1.82) is 0 Å². The molecule has 1 aliphatic rings. The third-order valence-electron chi connectivity index (χ3n) is 5.22. The van der Waals surface area contributed by atoms with Crippen LogP contribution in [0.2, 0.25) is 0 Å². The maximum absolute atomic E-state index is 12.7. The van der Waals surface area contributed by atoms with Gasteiger partial charge in [-0.3, -0.25) is 4.79 Å². The van der Waals surface area contributed by atoms with Crippen LogP contribution in [0.3, 0.4) is 0 Å². The van der Waals surface area contributed by atoms with Gasteiger partial charge in [0.25, 0.3) is 5.91 Å². The molecule has 1 saturated heterocycles. The van der Waals surface area contributed by atoms with Gasteiger partial charge in [0.1, 0.15) is 17.0 Å². The number of thiophene rings is 1. The fourth-order valence-electron chi connectivity index (χ4n) is 3.27. The number of fused-ring (bicyclic) bond motifs is 1. The number of carbonyl (C=O) groups excluding carboxylic acids is 1. The Morgan fingerprint density at radius 2 is 2.16 bits per heavy atom. The second kappa shape index (κ2) is 11.7. The van der Waals surface area contributed by atoms with Gasteiger partial charge in [0.2, 0.25) is 0 Å². The molecule has 1 unspecified atom stereocenters. The summed E-state index contributed by atoms with van der Waals surface area (Å²) in [5, 5.41) is 10.5. The number of allylic oxidation sites excluding steroid dienone is 1. The Morgan fingerprint density at radius 1 is 1.38 bits per heavy atom. The predicted molar refractivity (Wildman–Crippen MR) is 128 cm³/mol. The normalized spacial score (nSPS) is 15.7. The molecule has 1 fully saturated rings. The van der Waals surface area contributed by atoms with Crippen molar-refractivity contribution in [2.45, 2.75) is 33.2 Å². The molecule has 0 aromatic carbocycles. The second-order valence-electron chi connectivity index (χ2n) is 7.38. The zero-order valence-electron chi connectivity index (χ0n) is 19.0. The lowest BCUT2D eigenvalue weighted by Crippen LogP contribution is -2.50. The number of amides is 1. The van der Waals surface area contributed by atoms with Crippen LogP contribution < -0.4 is 4.90 Å². The summed E-state index contributed by atoms with van der Waals surface area (Å²) in [5.41, 5.74) is 0. The van der Waals surface area contributed by atoms with Gasteiger partial charge < -0.3 is 9.80 Å². The fourth-order valence-corrected chi connectivity index (χ4v) is 4.20. The van der Waals surface area contributed by atoms with Crippen LogP contribution in [-0.4, -0.2) is 71.3 Å². The van der Waals surface area contributed by atoms with E-state index in [-0.39, 0.29) is 18.6 Å². The van der Waals surface area contributed by atoms with Gasteiger partial charge in [0.15, 0.2) is 6.61 Å². The average molecular weight is 458 g/mol. The molecule has 1 amide bonds. The third kappa shape index (κ3) is 5.89. The second-order valence-corrected chi connectivity index (χ2v) is 8.50. The number of aromatic nitrogens is 2. The maximum atomic E-state index is 12.7. The van der Waals surface area contributed by atoms with Gasteiger partial charge in [0, 0.05) is 31.1 Å². The Balaban J connectivity index is 1.55. The molecule has 0 spiro atoms. The molecular weight excluding hydrogens is 426 g/mol. The van der Waals surface area contributed by atoms with E-state index in [1.165, 1.54) is 10.0 Å². The highest BCUT2D eigenvalue weighted by molar-refractivity contribution is 7.18. The maximum Gasteiger partial charge on any atom is 0.251 e. The quantitative estimate of drug-likeness (QED) is 0.307. The largest absolute Gasteiger partial charge is 0.352 e. The van der Waals surface area contributed by atoms with Gasteiger partial charge in [-0.2, -0.15) is 5.11 Å². The smallest absolute Gasteiger partial charge is 0.251 e. The van der Waals surface area contributed by atoms with E-state index in [1.807, 2.05) is 30.9 Å². The van der Waals surface area contributed by atoms with Crippen LogP contribution in [0, 0.1) is 0 Å². The predicted octanol–water partition coefficient (Wildman–Crippen LogP) is 3.65. The minimum atomic E-state index is -0.201. The standard InChI is InChI=1S/C22H31N7O2S/c1-5-8-9-25-26-29(17(4)6-2)31-15-20(30)27-10-12-28(13-11-27)21-19-14-18(7-3)32-22(19)24-16-23-21/h5-6,8,14,16-17H,2,7,9-13,15H2,1,3-4H3/b8-5-,26-25?. The van der Waals surface area contributed by atoms with Gasteiger partial charge in [-0.05, 0) is 31.6 Å². The lowest BCUT2D eigenvalue weighted by atomic mass is 10.2. The molecule has 9 nitrogen and oxygen atoms in total. The van der Waals surface area contributed by atoms with E-state index in [9.17, 15) is 4.79 Å². The first-order chi connectivity index (χ1) is 15.6. The van der Waals surface area contributed by atoms with Gasteiger partial charge >= 0.3 is 0 Å². The van der Waals surface area contributed by atoms with Crippen LogP contribution in [0.15, 0.2) is 47.5 Å². The summed E-state index contributed by atoms with van der Waals surface area (Å²) in [5.74, 6) is 0.869. The summed E-state index contributed by atoms with van der Waals surface area (Å²) < 4.78 is 0. The number of hydrogen-bond donors (Lipinski definition) is 0. The van der Waals surface area contributed by atoms with Crippen molar-refractivity contribution in [3.63, 3.8) is 0 Å². The first-order valence-corrected chi connectivity index (χ1v) is 11.7. The molecule has 2 aromatic heterocycles. The van der Waals surface area contributed by atoms with Crippen molar-refractivity contribution in [1.82, 2.24) is 20.0 Å². The molecule has 2 aromatic rings. The first kappa shape index (κ1) is 23.8. The van der Waals surface area contributed by atoms with Gasteiger partial charge in [-0.25, -0.2) is 14.8 Å². The van der Waals surface area contributed by atoms with Crippen molar-refractivity contribution in [3.05, 3.63) is 42.1 Å². The number of hydroxylamine groups is 1. The Labute approximate surface area is 193 Å². The molecule has 3 rings (SSSR count). The average Bonchev–Trinajstić information content (AvgIpc) is 3.26. The molecule has 0 radical (unpaired) electrons. The molecular formula is C22H31N7O2S. The Morgan fingerprint density at radius 3 is 2.84 bits per heavy atom. The van der Waals surface area contributed by atoms with E-state index in [4.69, 9.17) is 4.84 Å². The number of nitrogens with zero attached hydrogens (tertiary/aromatic N) is 7. The highest BCUT2D eigenvalue weighted by Crippen LogP contribution is 2.30. The molecule has 0 saturated carbocycles. The first-order valence-electron chi connectivity index (χ1n) is 10.9. The monoisotopic (exact) mass is 457 g/mol. The number of hydrogen-bond acceptors (Lipinski definition) is 8. The summed E-state index contributed by atoms with van der Waals surface area (Å²) in [7, 11) is 0. The number of anilines is 1. The van der Waals surface area contributed by atoms with Crippen LogP contribution in [0.5, 0.6) is 0 Å².